The van der Waals surface area contributed by atoms with Crippen LogP contribution in [0.3, 0.4) is 0 Å². The normalized spacial score (nSPS) is 11.6. The summed E-state index contributed by atoms with van der Waals surface area (Å²) in [5, 5.41) is 0. The van der Waals surface area contributed by atoms with Crippen LogP contribution in [0.2, 0.25) is 0 Å². The smallest absolute Gasteiger partial charge is 0.264 e. The molecule has 1 aromatic carbocycles. The van der Waals surface area contributed by atoms with E-state index in [0.29, 0.717) is 6.42 Å². The first-order valence-corrected chi connectivity index (χ1v) is 6.88. The number of hydrogen-bond donors (Lipinski definition) is 2. The van der Waals surface area contributed by atoms with Crippen LogP contribution in [0.1, 0.15) is 24.8 Å². The summed E-state index contributed by atoms with van der Waals surface area (Å²) in [5.74, 6) is -0.149. The maximum absolute atomic E-state index is 10.4. The summed E-state index contributed by atoms with van der Waals surface area (Å²) in [6.45, 7) is 0. The van der Waals surface area contributed by atoms with Gasteiger partial charge in [0.05, 0.1) is 5.75 Å². The van der Waals surface area contributed by atoms with Gasteiger partial charge in [0.25, 0.3) is 10.1 Å². The summed E-state index contributed by atoms with van der Waals surface area (Å²) in [7, 11) is -3.80. The van der Waals surface area contributed by atoms with Crippen LogP contribution in [0.4, 0.5) is 5.69 Å². The molecule has 5 heteroatoms. The van der Waals surface area contributed by atoms with Crippen molar-refractivity contribution in [2.24, 2.45) is 0 Å². The number of nitrogens with two attached hydrogens (primary N) is 1. The van der Waals surface area contributed by atoms with E-state index in [2.05, 4.69) is 0 Å². The molecule has 0 fully saturated rings. The molecule has 0 aromatic heterocycles. The third-order valence-corrected chi connectivity index (χ3v) is 3.12. The molecule has 1 rings (SSSR count). The van der Waals surface area contributed by atoms with Gasteiger partial charge in [0, 0.05) is 5.69 Å². The third-order valence-electron chi connectivity index (χ3n) is 2.32. The molecule has 16 heavy (non-hydrogen) atoms. The van der Waals surface area contributed by atoms with Gasteiger partial charge in [-0.1, -0.05) is 18.6 Å². The highest BCUT2D eigenvalue weighted by Gasteiger charge is 2.03. The van der Waals surface area contributed by atoms with Gasteiger partial charge in [-0.2, -0.15) is 8.42 Å². The van der Waals surface area contributed by atoms with Gasteiger partial charge in [-0.05, 0) is 37.0 Å². The van der Waals surface area contributed by atoms with E-state index in [9.17, 15) is 8.42 Å². The van der Waals surface area contributed by atoms with Gasteiger partial charge >= 0.3 is 0 Å². The predicted molar refractivity (Wildman–Crippen MR) is 64.8 cm³/mol. The molecule has 0 saturated heterocycles. The van der Waals surface area contributed by atoms with Crippen LogP contribution in [0.15, 0.2) is 24.3 Å². The molecule has 0 aliphatic heterocycles. The number of rotatable bonds is 6. The van der Waals surface area contributed by atoms with Crippen molar-refractivity contribution in [2.75, 3.05) is 11.5 Å². The van der Waals surface area contributed by atoms with Crippen molar-refractivity contribution in [1.29, 1.82) is 0 Å². The van der Waals surface area contributed by atoms with Crippen LogP contribution in [0.25, 0.3) is 0 Å². The summed E-state index contributed by atoms with van der Waals surface area (Å²) in [4.78, 5) is 0. The highest BCUT2D eigenvalue weighted by atomic mass is 32.2. The molecule has 4 nitrogen and oxygen atoms in total. The van der Waals surface area contributed by atoms with Gasteiger partial charge in [0.1, 0.15) is 0 Å². The number of aryl methyl sites for hydroxylation is 1. The summed E-state index contributed by atoms with van der Waals surface area (Å²) < 4.78 is 29.4. The second-order valence-corrected chi connectivity index (χ2v) is 5.41. The lowest BCUT2D eigenvalue weighted by molar-refractivity contribution is 0.479. The minimum Gasteiger partial charge on any atom is -0.399 e. The first-order chi connectivity index (χ1) is 7.47. The Morgan fingerprint density at radius 3 is 2.56 bits per heavy atom. The van der Waals surface area contributed by atoms with Crippen LogP contribution in [-0.4, -0.2) is 18.7 Å². The Morgan fingerprint density at radius 2 is 1.94 bits per heavy atom. The zero-order valence-electron chi connectivity index (χ0n) is 9.09. The van der Waals surface area contributed by atoms with Gasteiger partial charge in [0.2, 0.25) is 0 Å². The van der Waals surface area contributed by atoms with Crippen molar-refractivity contribution in [3.05, 3.63) is 29.8 Å². The zero-order valence-corrected chi connectivity index (χ0v) is 9.91. The molecular formula is C11H17NO3S. The maximum Gasteiger partial charge on any atom is 0.264 e. The average Bonchev–Trinajstić information content (AvgIpc) is 2.15. The Bertz CT molecular complexity index is 429. The Balaban J connectivity index is 2.21. The van der Waals surface area contributed by atoms with E-state index in [0.717, 1.165) is 30.5 Å². The summed E-state index contributed by atoms with van der Waals surface area (Å²) in [5.41, 5.74) is 7.54. The first kappa shape index (κ1) is 13.0. The van der Waals surface area contributed by atoms with Gasteiger partial charge in [-0.25, -0.2) is 0 Å². The molecule has 90 valence electrons. The second kappa shape index (κ2) is 5.86. The van der Waals surface area contributed by atoms with Crippen molar-refractivity contribution in [3.63, 3.8) is 0 Å². The van der Waals surface area contributed by atoms with E-state index in [4.69, 9.17) is 10.3 Å². The Hall–Kier alpha value is -1.07. The minimum absolute atomic E-state index is 0.149. The monoisotopic (exact) mass is 243 g/mol. The summed E-state index contributed by atoms with van der Waals surface area (Å²) >= 11 is 0. The van der Waals surface area contributed by atoms with Gasteiger partial charge in [-0.15, -0.1) is 0 Å². The first-order valence-electron chi connectivity index (χ1n) is 5.27. The van der Waals surface area contributed by atoms with E-state index < -0.39 is 10.1 Å². The minimum atomic E-state index is -3.80. The lowest BCUT2D eigenvalue weighted by Gasteiger charge is -2.02. The number of anilines is 1. The number of unbranched alkanes of at least 4 members (excludes halogenated alkanes) is 2. The van der Waals surface area contributed by atoms with E-state index >= 15 is 0 Å². The van der Waals surface area contributed by atoms with Crippen LogP contribution >= 0.6 is 0 Å². The molecule has 0 unspecified atom stereocenters. The fourth-order valence-electron chi connectivity index (χ4n) is 1.54. The average molecular weight is 243 g/mol. The van der Waals surface area contributed by atoms with Crippen molar-refractivity contribution in [2.45, 2.75) is 25.7 Å². The zero-order chi connectivity index (χ0) is 12.0. The van der Waals surface area contributed by atoms with Crippen LogP contribution in [0, 0.1) is 0 Å². The van der Waals surface area contributed by atoms with Crippen molar-refractivity contribution < 1.29 is 13.0 Å². The predicted octanol–water partition coefficient (Wildman–Crippen LogP) is 1.87. The summed E-state index contributed by atoms with van der Waals surface area (Å²) in [6.07, 6.45) is 3.07. The molecule has 1 aromatic rings. The molecule has 0 atom stereocenters. The molecule has 0 bridgehead atoms. The maximum atomic E-state index is 10.4. The van der Waals surface area contributed by atoms with E-state index in [1.54, 1.807) is 0 Å². The molecule has 0 heterocycles. The molecular weight excluding hydrogens is 226 g/mol. The Labute approximate surface area is 96.2 Å². The number of hydrogen-bond acceptors (Lipinski definition) is 3. The third kappa shape index (κ3) is 5.72. The highest BCUT2D eigenvalue weighted by Crippen LogP contribution is 2.10. The highest BCUT2D eigenvalue weighted by molar-refractivity contribution is 7.85. The van der Waals surface area contributed by atoms with Crippen molar-refractivity contribution in [1.82, 2.24) is 0 Å². The molecule has 0 aliphatic carbocycles. The molecule has 0 spiro atoms. The topological polar surface area (TPSA) is 80.4 Å². The Morgan fingerprint density at radius 1 is 1.19 bits per heavy atom. The van der Waals surface area contributed by atoms with Crippen molar-refractivity contribution >= 4 is 15.8 Å². The quantitative estimate of drug-likeness (QED) is 0.454. The van der Waals surface area contributed by atoms with E-state index in [1.165, 1.54) is 0 Å². The Kier molecular flexibility index (Phi) is 4.76. The van der Waals surface area contributed by atoms with Gasteiger partial charge < -0.3 is 5.73 Å². The lowest BCUT2D eigenvalue weighted by atomic mass is 10.1. The molecule has 0 amide bonds. The van der Waals surface area contributed by atoms with Crippen LogP contribution < -0.4 is 5.73 Å². The van der Waals surface area contributed by atoms with Crippen LogP contribution in [0.5, 0.6) is 0 Å². The molecule has 0 aliphatic rings. The van der Waals surface area contributed by atoms with Gasteiger partial charge in [-0.3, -0.25) is 4.55 Å². The van der Waals surface area contributed by atoms with Crippen LogP contribution in [-0.2, 0) is 16.5 Å². The van der Waals surface area contributed by atoms with Crippen molar-refractivity contribution in [3.8, 4) is 0 Å². The fourth-order valence-corrected chi connectivity index (χ4v) is 2.11. The number of nitrogen functional groups attached to an aromatic ring is 1. The standard InChI is InChI=1S/C11H17NO3S/c12-11-7-4-6-10(9-11)5-2-1-3-8-16(13,14)15/h4,6-7,9H,1-3,5,8,12H2,(H,13,14,15). The second-order valence-electron chi connectivity index (χ2n) is 3.84. The molecule has 0 saturated carbocycles. The lowest BCUT2D eigenvalue weighted by Crippen LogP contribution is -2.03. The molecule has 0 radical (unpaired) electrons. The molecule has 3 N–H and O–H groups in total. The van der Waals surface area contributed by atoms with E-state index in [1.807, 2.05) is 24.3 Å². The number of benzene rings is 1. The summed E-state index contributed by atoms with van der Waals surface area (Å²) in [6, 6.07) is 7.66. The van der Waals surface area contributed by atoms with E-state index in [-0.39, 0.29) is 5.75 Å². The SMILES string of the molecule is Nc1cccc(CCCCCS(=O)(=O)O)c1. The largest absolute Gasteiger partial charge is 0.399 e. The fraction of sp³-hybridized carbons (Fsp3) is 0.455. The van der Waals surface area contributed by atoms with Gasteiger partial charge in [0.15, 0.2) is 0 Å².